The number of tetrazole rings is 1. The number of halogens is 1. The van der Waals surface area contributed by atoms with Gasteiger partial charge in [0.1, 0.15) is 0 Å². The van der Waals surface area contributed by atoms with E-state index < -0.39 is 0 Å². The van der Waals surface area contributed by atoms with E-state index in [1.165, 1.54) is 0 Å². The third-order valence-corrected chi connectivity index (χ3v) is 3.32. The van der Waals surface area contributed by atoms with Crippen LogP contribution in [0.15, 0.2) is 54.6 Å². The third kappa shape index (κ3) is 3.38. The van der Waals surface area contributed by atoms with E-state index >= 15 is 0 Å². The summed E-state index contributed by atoms with van der Waals surface area (Å²) in [5.41, 5.74) is 1.87. The van der Waals surface area contributed by atoms with Crippen molar-refractivity contribution in [1.29, 1.82) is 0 Å². The molecule has 0 atom stereocenters. The summed E-state index contributed by atoms with van der Waals surface area (Å²) in [4.78, 5) is 1.58. The van der Waals surface area contributed by atoms with Crippen molar-refractivity contribution < 1.29 is 0 Å². The van der Waals surface area contributed by atoms with Crippen molar-refractivity contribution in [3.05, 3.63) is 59.6 Å². The SMILES string of the molecule is Clc1ccccc1NCCn1nnc(-c2ccccc2)n1. The Morgan fingerprint density at radius 3 is 2.57 bits per heavy atom. The zero-order chi connectivity index (χ0) is 14.5. The molecule has 0 unspecified atom stereocenters. The fourth-order valence-corrected chi connectivity index (χ4v) is 2.14. The van der Waals surface area contributed by atoms with Gasteiger partial charge in [0.25, 0.3) is 0 Å². The molecule has 5 nitrogen and oxygen atoms in total. The monoisotopic (exact) mass is 299 g/mol. The number of hydrogen-bond donors (Lipinski definition) is 1. The molecule has 6 heteroatoms. The van der Waals surface area contributed by atoms with Crippen molar-refractivity contribution in [2.75, 3.05) is 11.9 Å². The molecule has 3 rings (SSSR count). The Bertz CT molecular complexity index is 711. The van der Waals surface area contributed by atoms with Gasteiger partial charge in [0, 0.05) is 12.1 Å². The lowest BCUT2D eigenvalue weighted by Gasteiger charge is -2.06. The highest BCUT2D eigenvalue weighted by atomic mass is 35.5. The minimum atomic E-state index is 0.616. The number of hydrogen-bond acceptors (Lipinski definition) is 4. The first-order valence-corrected chi connectivity index (χ1v) is 7.02. The van der Waals surface area contributed by atoms with E-state index in [4.69, 9.17) is 11.6 Å². The fourth-order valence-electron chi connectivity index (χ4n) is 1.94. The topological polar surface area (TPSA) is 55.6 Å². The minimum Gasteiger partial charge on any atom is -0.382 e. The van der Waals surface area contributed by atoms with Gasteiger partial charge in [0.15, 0.2) is 0 Å². The molecular weight excluding hydrogens is 286 g/mol. The van der Waals surface area contributed by atoms with Gasteiger partial charge in [0.2, 0.25) is 5.82 Å². The number of aromatic nitrogens is 4. The summed E-state index contributed by atoms with van der Waals surface area (Å²) >= 11 is 6.08. The summed E-state index contributed by atoms with van der Waals surface area (Å²) in [5.74, 6) is 0.633. The van der Waals surface area contributed by atoms with E-state index in [1.54, 1.807) is 4.80 Å². The van der Waals surface area contributed by atoms with Crippen LogP contribution in [0.25, 0.3) is 11.4 Å². The van der Waals surface area contributed by atoms with Crippen LogP contribution in [0.2, 0.25) is 5.02 Å². The second-order valence-electron chi connectivity index (χ2n) is 4.48. The van der Waals surface area contributed by atoms with Gasteiger partial charge in [-0.1, -0.05) is 54.1 Å². The lowest BCUT2D eigenvalue weighted by atomic mass is 10.2. The van der Waals surface area contributed by atoms with E-state index in [0.717, 1.165) is 11.3 Å². The predicted octanol–water partition coefficient (Wildman–Crippen LogP) is 3.11. The Labute approximate surface area is 127 Å². The number of nitrogens with one attached hydrogen (secondary N) is 1. The lowest BCUT2D eigenvalue weighted by Crippen LogP contribution is -2.13. The quantitative estimate of drug-likeness (QED) is 0.786. The van der Waals surface area contributed by atoms with Crippen LogP contribution in [0.1, 0.15) is 0 Å². The number of rotatable bonds is 5. The van der Waals surface area contributed by atoms with Gasteiger partial charge in [-0.2, -0.15) is 4.80 Å². The number of anilines is 1. The summed E-state index contributed by atoms with van der Waals surface area (Å²) in [6.45, 7) is 1.29. The Kier molecular flexibility index (Phi) is 4.12. The van der Waals surface area contributed by atoms with Crippen LogP contribution >= 0.6 is 11.6 Å². The van der Waals surface area contributed by atoms with Crippen LogP contribution in [0, 0.1) is 0 Å². The number of benzene rings is 2. The highest BCUT2D eigenvalue weighted by Gasteiger charge is 2.05. The molecule has 2 aromatic carbocycles. The first-order valence-electron chi connectivity index (χ1n) is 6.64. The molecule has 0 aliphatic carbocycles. The molecule has 0 amide bonds. The third-order valence-electron chi connectivity index (χ3n) is 2.99. The number of para-hydroxylation sites is 1. The van der Waals surface area contributed by atoms with E-state index in [9.17, 15) is 0 Å². The van der Waals surface area contributed by atoms with Crippen LogP contribution in [0.5, 0.6) is 0 Å². The maximum absolute atomic E-state index is 6.08. The molecule has 0 aliphatic rings. The average Bonchev–Trinajstić information content (AvgIpc) is 2.99. The minimum absolute atomic E-state index is 0.616. The molecule has 0 saturated heterocycles. The second-order valence-corrected chi connectivity index (χ2v) is 4.89. The molecule has 21 heavy (non-hydrogen) atoms. The molecule has 0 saturated carbocycles. The molecule has 0 radical (unpaired) electrons. The van der Waals surface area contributed by atoms with Gasteiger partial charge in [-0.25, -0.2) is 0 Å². The highest BCUT2D eigenvalue weighted by molar-refractivity contribution is 6.33. The molecule has 0 aliphatic heterocycles. The highest BCUT2D eigenvalue weighted by Crippen LogP contribution is 2.20. The van der Waals surface area contributed by atoms with Gasteiger partial charge in [-0.05, 0) is 17.3 Å². The van der Waals surface area contributed by atoms with Crippen LogP contribution in [-0.2, 0) is 6.54 Å². The van der Waals surface area contributed by atoms with Gasteiger partial charge >= 0.3 is 0 Å². The first kappa shape index (κ1) is 13.6. The average molecular weight is 300 g/mol. The molecule has 1 aromatic heterocycles. The lowest BCUT2D eigenvalue weighted by molar-refractivity contribution is 0.539. The van der Waals surface area contributed by atoms with E-state index in [-0.39, 0.29) is 0 Å². The smallest absolute Gasteiger partial charge is 0.204 e. The zero-order valence-electron chi connectivity index (χ0n) is 11.3. The zero-order valence-corrected chi connectivity index (χ0v) is 12.0. The Morgan fingerprint density at radius 1 is 1.00 bits per heavy atom. The fraction of sp³-hybridized carbons (Fsp3) is 0.133. The second kappa shape index (κ2) is 6.37. The van der Waals surface area contributed by atoms with Crippen LogP contribution in [0.4, 0.5) is 5.69 Å². The van der Waals surface area contributed by atoms with Crippen LogP contribution in [0.3, 0.4) is 0 Å². The summed E-state index contributed by atoms with van der Waals surface area (Å²) in [6.07, 6.45) is 0. The van der Waals surface area contributed by atoms with Crippen molar-refractivity contribution in [2.45, 2.75) is 6.54 Å². The summed E-state index contributed by atoms with van der Waals surface area (Å²) < 4.78 is 0. The van der Waals surface area contributed by atoms with Crippen molar-refractivity contribution >= 4 is 17.3 Å². The summed E-state index contributed by atoms with van der Waals surface area (Å²) in [6, 6.07) is 17.4. The van der Waals surface area contributed by atoms with E-state index in [1.807, 2.05) is 54.6 Å². The van der Waals surface area contributed by atoms with Gasteiger partial charge in [0.05, 0.1) is 17.3 Å². The maximum Gasteiger partial charge on any atom is 0.204 e. The molecule has 3 aromatic rings. The predicted molar refractivity (Wildman–Crippen MR) is 83.2 cm³/mol. The molecule has 1 heterocycles. The van der Waals surface area contributed by atoms with Gasteiger partial charge < -0.3 is 5.32 Å². The van der Waals surface area contributed by atoms with E-state index in [0.29, 0.717) is 23.9 Å². The number of nitrogens with zero attached hydrogens (tertiary/aromatic N) is 4. The van der Waals surface area contributed by atoms with E-state index in [2.05, 4.69) is 20.7 Å². The Balaban J connectivity index is 1.60. The van der Waals surface area contributed by atoms with Crippen molar-refractivity contribution in [1.82, 2.24) is 20.2 Å². The molecule has 106 valence electrons. The van der Waals surface area contributed by atoms with Crippen molar-refractivity contribution in [2.24, 2.45) is 0 Å². The molecule has 0 spiro atoms. The van der Waals surface area contributed by atoms with Crippen LogP contribution in [-0.4, -0.2) is 26.8 Å². The van der Waals surface area contributed by atoms with Gasteiger partial charge in [-0.15, -0.1) is 10.2 Å². The van der Waals surface area contributed by atoms with Crippen molar-refractivity contribution in [3.63, 3.8) is 0 Å². The van der Waals surface area contributed by atoms with Crippen molar-refractivity contribution in [3.8, 4) is 11.4 Å². The largest absolute Gasteiger partial charge is 0.382 e. The first-order chi connectivity index (χ1) is 10.3. The Morgan fingerprint density at radius 2 is 1.76 bits per heavy atom. The maximum atomic E-state index is 6.08. The molecule has 0 bridgehead atoms. The van der Waals surface area contributed by atoms with Crippen LogP contribution < -0.4 is 5.32 Å². The molecular formula is C15H14ClN5. The summed E-state index contributed by atoms with van der Waals surface area (Å²) in [5, 5.41) is 16.4. The Hall–Kier alpha value is -2.40. The molecule has 1 N–H and O–H groups in total. The molecule has 0 fully saturated rings. The summed E-state index contributed by atoms with van der Waals surface area (Å²) in [7, 11) is 0. The standard InChI is InChI=1S/C15H14ClN5/c16-13-8-4-5-9-14(13)17-10-11-21-19-15(18-20-21)12-6-2-1-3-7-12/h1-9,17H,10-11H2. The normalized spacial score (nSPS) is 10.5. The van der Waals surface area contributed by atoms with Gasteiger partial charge in [-0.3, -0.25) is 0 Å².